The van der Waals surface area contributed by atoms with Crippen LogP contribution in [0.5, 0.6) is 0 Å². The highest BCUT2D eigenvalue weighted by molar-refractivity contribution is 5.13. The molecule has 0 aromatic rings. The van der Waals surface area contributed by atoms with Crippen LogP contribution in [0.15, 0.2) is 23.3 Å². The minimum atomic E-state index is -0.389. The molecule has 4 atom stereocenters. The molecule has 2 heteroatoms. The third-order valence-electron chi connectivity index (χ3n) is 3.80. The molecule has 2 N–H and O–H groups in total. The van der Waals surface area contributed by atoms with E-state index in [1.54, 1.807) is 0 Å². The van der Waals surface area contributed by atoms with Crippen molar-refractivity contribution in [3.63, 3.8) is 0 Å². The van der Waals surface area contributed by atoms with Gasteiger partial charge in [-0.15, -0.1) is 0 Å². The molecule has 4 unspecified atom stereocenters. The topological polar surface area (TPSA) is 40.5 Å². The Hall–Kier alpha value is -0.600. The molecule has 0 saturated heterocycles. The Balaban J connectivity index is 2.52. The van der Waals surface area contributed by atoms with Gasteiger partial charge in [0, 0.05) is 0 Å². The Bertz CT molecular complexity index is 300. The molecule has 0 heterocycles. The fourth-order valence-corrected chi connectivity index (χ4v) is 2.51. The first kappa shape index (κ1) is 14.5. The van der Waals surface area contributed by atoms with Gasteiger partial charge in [-0.05, 0) is 57.4 Å². The Morgan fingerprint density at radius 2 is 2.12 bits per heavy atom. The quantitative estimate of drug-likeness (QED) is 0.739. The first-order valence-electron chi connectivity index (χ1n) is 6.59. The highest BCUT2D eigenvalue weighted by atomic mass is 16.3. The van der Waals surface area contributed by atoms with Crippen molar-refractivity contribution < 1.29 is 10.2 Å². The molecule has 0 fully saturated rings. The van der Waals surface area contributed by atoms with Crippen molar-refractivity contribution in [3.05, 3.63) is 23.3 Å². The number of hydrogen-bond donors (Lipinski definition) is 2. The molecular formula is C15H26O2. The van der Waals surface area contributed by atoms with Gasteiger partial charge >= 0.3 is 0 Å². The number of hydrogen-bond acceptors (Lipinski definition) is 2. The van der Waals surface area contributed by atoms with Gasteiger partial charge in [-0.25, -0.2) is 0 Å². The van der Waals surface area contributed by atoms with Gasteiger partial charge in [0.05, 0.1) is 12.2 Å². The van der Waals surface area contributed by atoms with Crippen molar-refractivity contribution in [1.29, 1.82) is 0 Å². The highest BCUT2D eigenvalue weighted by Gasteiger charge is 2.30. The van der Waals surface area contributed by atoms with Crippen molar-refractivity contribution in [1.82, 2.24) is 0 Å². The summed E-state index contributed by atoms with van der Waals surface area (Å²) >= 11 is 0. The highest BCUT2D eigenvalue weighted by Crippen LogP contribution is 2.32. The van der Waals surface area contributed by atoms with Crippen molar-refractivity contribution in [2.24, 2.45) is 11.8 Å². The second kappa shape index (κ2) is 6.36. The van der Waals surface area contributed by atoms with E-state index in [1.165, 1.54) is 5.57 Å². The van der Waals surface area contributed by atoms with Crippen LogP contribution < -0.4 is 0 Å². The van der Waals surface area contributed by atoms with Gasteiger partial charge in [0.15, 0.2) is 0 Å². The molecule has 98 valence electrons. The van der Waals surface area contributed by atoms with Crippen molar-refractivity contribution in [3.8, 4) is 0 Å². The van der Waals surface area contributed by atoms with Gasteiger partial charge in [0.1, 0.15) is 0 Å². The van der Waals surface area contributed by atoms with E-state index in [0.29, 0.717) is 12.3 Å². The Labute approximate surface area is 105 Å². The summed E-state index contributed by atoms with van der Waals surface area (Å²) in [6.45, 7) is 8.28. The lowest BCUT2D eigenvalue weighted by Gasteiger charge is -2.33. The molecule has 17 heavy (non-hydrogen) atoms. The SMILES string of the molecule is CC(C)=CCCC(C)C1CC(O)C(C)=CC1O. The van der Waals surface area contributed by atoms with Gasteiger partial charge in [-0.3, -0.25) is 0 Å². The summed E-state index contributed by atoms with van der Waals surface area (Å²) < 4.78 is 0. The van der Waals surface area contributed by atoms with E-state index in [0.717, 1.165) is 18.4 Å². The third kappa shape index (κ3) is 4.29. The van der Waals surface area contributed by atoms with Crippen LogP contribution in [0.3, 0.4) is 0 Å². The zero-order valence-corrected chi connectivity index (χ0v) is 11.5. The van der Waals surface area contributed by atoms with E-state index < -0.39 is 0 Å². The van der Waals surface area contributed by atoms with Crippen LogP contribution in [-0.2, 0) is 0 Å². The van der Waals surface area contributed by atoms with Crippen LogP contribution in [0.4, 0.5) is 0 Å². The molecule has 0 spiro atoms. The van der Waals surface area contributed by atoms with Crippen molar-refractivity contribution >= 4 is 0 Å². The Kier molecular flexibility index (Phi) is 5.41. The van der Waals surface area contributed by atoms with Crippen molar-refractivity contribution in [2.75, 3.05) is 0 Å². The smallest absolute Gasteiger partial charge is 0.0756 e. The van der Waals surface area contributed by atoms with Gasteiger partial charge < -0.3 is 10.2 Å². The molecule has 1 aliphatic carbocycles. The number of allylic oxidation sites excluding steroid dienone is 2. The summed E-state index contributed by atoms with van der Waals surface area (Å²) in [7, 11) is 0. The minimum absolute atomic E-state index is 0.194. The van der Waals surface area contributed by atoms with E-state index in [1.807, 2.05) is 13.0 Å². The van der Waals surface area contributed by atoms with E-state index in [9.17, 15) is 10.2 Å². The lowest BCUT2D eigenvalue weighted by molar-refractivity contribution is 0.0543. The molecule has 0 aliphatic heterocycles. The fourth-order valence-electron chi connectivity index (χ4n) is 2.51. The lowest BCUT2D eigenvalue weighted by atomic mass is 9.77. The van der Waals surface area contributed by atoms with Crippen LogP contribution in [0.25, 0.3) is 0 Å². The van der Waals surface area contributed by atoms with E-state index in [2.05, 4.69) is 26.8 Å². The van der Waals surface area contributed by atoms with Crippen LogP contribution in [0.2, 0.25) is 0 Å². The van der Waals surface area contributed by atoms with Crippen molar-refractivity contribution in [2.45, 2.75) is 59.2 Å². The van der Waals surface area contributed by atoms with Crippen LogP contribution >= 0.6 is 0 Å². The average Bonchev–Trinajstić information content (AvgIpc) is 2.22. The maximum atomic E-state index is 10.0. The molecule has 0 aromatic carbocycles. The molecule has 2 nitrogen and oxygen atoms in total. The van der Waals surface area contributed by atoms with Gasteiger partial charge in [0.25, 0.3) is 0 Å². The summed E-state index contributed by atoms with van der Waals surface area (Å²) in [5.74, 6) is 0.638. The zero-order valence-electron chi connectivity index (χ0n) is 11.5. The largest absolute Gasteiger partial charge is 0.389 e. The minimum Gasteiger partial charge on any atom is -0.389 e. The summed E-state index contributed by atoms with van der Waals surface area (Å²) in [6, 6.07) is 0. The maximum Gasteiger partial charge on any atom is 0.0756 e. The van der Waals surface area contributed by atoms with Crippen LogP contribution in [-0.4, -0.2) is 22.4 Å². The molecule has 0 aromatic heterocycles. The Morgan fingerprint density at radius 3 is 2.71 bits per heavy atom. The monoisotopic (exact) mass is 238 g/mol. The number of aliphatic hydroxyl groups is 2. The molecule has 0 amide bonds. The predicted molar refractivity (Wildman–Crippen MR) is 71.7 cm³/mol. The molecule has 0 radical (unpaired) electrons. The molecule has 0 bridgehead atoms. The summed E-state index contributed by atoms with van der Waals surface area (Å²) in [6.07, 6.45) is 6.13. The van der Waals surface area contributed by atoms with Gasteiger partial charge in [0.2, 0.25) is 0 Å². The first-order valence-corrected chi connectivity index (χ1v) is 6.59. The molecule has 1 rings (SSSR count). The zero-order chi connectivity index (χ0) is 13.0. The van der Waals surface area contributed by atoms with Gasteiger partial charge in [-0.1, -0.05) is 24.6 Å². The second-order valence-corrected chi connectivity index (χ2v) is 5.65. The maximum absolute atomic E-state index is 10.0. The molecule has 0 saturated carbocycles. The van der Waals surface area contributed by atoms with Crippen LogP contribution in [0, 0.1) is 11.8 Å². The lowest BCUT2D eigenvalue weighted by Crippen LogP contribution is -2.34. The molecular weight excluding hydrogens is 212 g/mol. The fraction of sp³-hybridized carbons (Fsp3) is 0.733. The standard InChI is InChI=1S/C15H26O2/c1-10(2)6-5-7-11(3)13-9-14(16)12(4)8-15(13)17/h6,8,11,13-17H,5,7,9H2,1-4H3. The third-order valence-corrected chi connectivity index (χ3v) is 3.80. The number of aliphatic hydroxyl groups excluding tert-OH is 2. The normalized spacial score (nSPS) is 30.7. The van der Waals surface area contributed by atoms with Crippen LogP contribution in [0.1, 0.15) is 47.0 Å². The Morgan fingerprint density at radius 1 is 1.47 bits per heavy atom. The number of rotatable bonds is 4. The predicted octanol–water partition coefficient (Wildman–Crippen LogP) is 3.06. The van der Waals surface area contributed by atoms with E-state index in [-0.39, 0.29) is 18.1 Å². The van der Waals surface area contributed by atoms with E-state index >= 15 is 0 Å². The average molecular weight is 238 g/mol. The summed E-state index contributed by atoms with van der Waals surface area (Å²) in [5.41, 5.74) is 2.25. The summed E-state index contributed by atoms with van der Waals surface area (Å²) in [5, 5.41) is 19.9. The second-order valence-electron chi connectivity index (χ2n) is 5.65. The first-order chi connectivity index (χ1) is 7.91. The van der Waals surface area contributed by atoms with Gasteiger partial charge in [-0.2, -0.15) is 0 Å². The molecule has 1 aliphatic rings. The summed E-state index contributed by atoms with van der Waals surface area (Å²) in [4.78, 5) is 0. The van der Waals surface area contributed by atoms with E-state index in [4.69, 9.17) is 0 Å².